The first-order valence-electron chi connectivity index (χ1n) is 7.92. The molecule has 2 aliphatic rings. The van der Waals surface area contributed by atoms with Gasteiger partial charge in [0.2, 0.25) is 0 Å². The number of nitrogens with zero attached hydrogens (tertiary/aromatic N) is 1. The lowest BCUT2D eigenvalue weighted by atomic mass is 9.79. The van der Waals surface area contributed by atoms with E-state index in [9.17, 15) is 4.79 Å². The van der Waals surface area contributed by atoms with Gasteiger partial charge in [0.15, 0.2) is 5.78 Å². The lowest BCUT2D eigenvalue weighted by molar-refractivity contribution is -0.134. The normalized spacial score (nSPS) is 24.8. The van der Waals surface area contributed by atoms with Crippen LogP contribution in [0.2, 0.25) is 0 Å². The van der Waals surface area contributed by atoms with E-state index in [4.69, 9.17) is 0 Å². The van der Waals surface area contributed by atoms with Gasteiger partial charge in [-0.3, -0.25) is 9.69 Å². The molecule has 0 aromatic carbocycles. The predicted molar refractivity (Wildman–Crippen MR) is 75.7 cm³/mol. The Labute approximate surface area is 112 Å². The molecule has 2 fully saturated rings. The van der Waals surface area contributed by atoms with Gasteiger partial charge in [-0.15, -0.1) is 0 Å². The molecule has 18 heavy (non-hydrogen) atoms. The molecule has 1 aliphatic heterocycles. The molecule has 104 valence electrons. The largest absolute Gasteiger partial charge is 0.297 e. The van der Waals surface area contributed by atoms with Crippen molar-refractivity contribution in [3.05, 3.63) is 0 Å². The van der Waals surface area contributed by atoms with Gasteiger partial charge in [0.1, 0.15) is 0 Å². The van der Waals surface area contributed by atoms with E-state index in [1.165, 1.54) is 44.9 Å². The number of hydrogen-bond donors (Lipinski definition) is 0. The molecule has 1 aliphatic carbocycles. The van der Waals surface area contributed by atoms with Crippen molar-refractivity contribution in [1.82, 2.24) is 4.90 Å². The first-order valence-corrected chi connectivity index (χ1v) is 7.92. The molecule has 0 N–H and O–H groups in total. The van der Waals surface area contributed by atoms with E-state index < -0.39 is 0 Å². The maximum absolute atomic E-state index is 12.8. The molecule has 0 bridgehead atoms. The van der Waals surface area contributed by atoms with E-state index in [0.717, 1.165) is 25.9 Å². The summed E-state index contributed by atoms with van der Waals surface area (Å²) in [6.45, 7) is 6.56. The third kappa shape index (κ3) is 3.14. The molecule has 1 saturated heterocycles. The van der Waals surface area contributed by atoms with Crippen molar-refractivity contribution < 1.29 is 4.79 Å². The van der Waals surface area contributed by atoms with Crippen molar-refractivity contribution in [2.24, 2.45) is 5.92 Å². The molecule has 0 atom stereocenters. The molecule has 0 unspecified atom stereocenters. The van der Waals surface area contributed by atoms with Gasteiger partial charge in [0, 0.05) is 5.92 Å². The zero-order chi connectivity index (χ0) is 13.0. The van der Waals surface area contributed by atoms with E-state index in [0.29, 0.717) is 11.7 Å². The molecule has 2 heteroatoms. The van der Waals surface area contributed by atoms with Gasteiger partial charge in [-0.25, -0.2) is 0 Å². The lowest BCUT2D eigenvalue weighted by Crippen LogP contribution is -2.52. The van der Waals surface area contributed by atoms with Gasteiger partial charge in [-0.1, -0.05) is 32.1 Å². The van der Waals surface area contributed by atoms with Crippen LogP contribution in [-0.2, 0) is 4.79 Å². The summed E-state index contributed by atoms with van der Waals surface area (Å²) in [5, 5.41) is 0. The van der Waals surface area contributed by atoms with Gasteiger partial charge < -0.3 is 0 Å². The van der Waals surface area contributed by atoms with Gasteiger partial charge in [0.05, 0.1) is 5.54 Å². The summed E-state index contributed by atoms with van der Waals surface area (Å²) in [6, 6.07) is 0. The Morgan fingerprint density at radius 1 is 0.889 bits per heavy atom. The van der Waals surface area contributed by atoms with Crippen molar-refractivity contribution in [3.8, 4) is 0 Å². The summed E-state index contributed by atoms with van der Waals surface area (Å²) in [6.07, 6.45) is 11.3. The number of Topliss-reactive ketones (excluding diaryl/α,β-unsaturated/α-hetero) is 1. The van der Waals surface area contributed by atoms with Crippen LogP contribution in [0, 0.1) is 5.92 Å². The number of ketones is 1. The molecule has 0 spiro atoms. The van der Waals surface area contributed by atoms with E-state index in [2.05, 4.69) is 18.7 Å². The lowest BCUT2D eigenvalue weighted by Gasteiger charge is -2.39. The molecule has 1 saturated carbocycles. The number of rotatable bonds is 3. The van der Waals surface area contributed by atoms with Crippen molar-refractivity contribution >= 4 is 5.78 Å². The van der Waals surface area contributed by atoms with Crippen LogP contribution in [0.4, 0.5) is 0 Å². The van der Waals surface area contributed by atoms with Crippen molar-refractivity contribution in [1.29, 1.82) is 0 Å². The molecule has 2 nitrogen and oxygen atoms in total. The summed E-state index contributed by atoms with van der Waals surface area (Å²) in [7, 11) is 0. The second-order valence-electron chi connectivity index (χ2n) is 6.66. The minimum absolute atomic E-state index is 0.230. The minimum Gasteiger partial charge on any atom is -0.297 e. The highest BCUT2D eigenvalue weighted by Gasteiger charge is 2.38. The second kappa shape index (κ2) is 6.18. The maximum atomic E-state index is 12.8. The Morgan fingerprint density at radius 2 is 1.39 bits per heavy atom. The molecule has 0 aromatic rings. The van der Waals surface area contributed by atoms with Crippen LogP contribution in [0.3, 0.4) is 0 Å². The van der Waals surface area contributed by atoms with Gasteiger partial charge in [0.25, 0.3) is 0 Å². The molecule has 2 rings (SSSR count). The summed E-state index contributed by atoms with van der Waals surface area (Å²) in [4.78, 5) is 15.2. The zero-order valence-electron chi connectivity index (χ0n) is 12.2. The first-order chi connectivity index (χ1) is 8.62. The van der Waals surface area contributed by atoms with E-state index in [-0.39, 0.29) is 5.54 Å². The van der Waals surface area contributed by atoms with Crippen LogP contribution in [-0.4, -0.2) is 29.3 Å². The second-order valence-corrected chi connectivity index (χ2v) is 6.66. The SMILES string of the molecule is CC(C)(C(=O)C1CCCCC1)N1CCCCCC1. The fourth-order valence-corrected chi connectivity index (χ4v) is 3.65. The average Bonchev–Trinajstić information content (AvgIpc) is 2.68. The van der Waals surface area contributed by atoms with E-state index in [1.54, 1.807) is 0 Å². The highest BCUT2D eigenvalue weighted by Crippen LogP contribution is 2.31. The molecular formula is C16H29NO. The van der Waals surface area contributed by atoms with Crippen LogP contribution in [0.5, 0.6) is 0 Å². The standard InChI is InChI=1S/C16H29NO/c1-16(2,17-12-8-3-4-9-13-17)15(18)14-10-6-5-7-11-14/h14H,3-13H2,1-2H3. The fourth-order valence-electron chi connectivity index (χ4n) is 3.65. The summed E-state index contributed by atoms with van der Waals surface area (Å²) >= 11 is 0. The minimum atomic E-state index is -0.230. The highest BCUT2D eigenvalue weighted by molar-refractivity contribution is 5.89. The number of likely N-dealkylation sites (tertiary alicyclic amines) is 1. The number of carbonyl (C=O) groups is 1. The quantitative estimate of drug-likeness (QED) is 0.760. The molecule has 1 heterocycles. The third-order valence-corrected chi connectivity index (χ3v) is 4.98. The van der Waals surface area contributed by atoms with Crippen LogP contribution in [0.1, 0.15) is 71.6 Å². The average molecular weight is 251 g/mol. The summed E-state index contributed by atoms with van der Waals surface area (Å²) < 4.78 is 0. The maximum Gasteiger partial charge on any atom is 0.155 e. The smallest absolute Gasteiger partial charge is 0.155 e. The Kier molecular flexibility index (Phi) is 4.83. The Bertz CT molecular complexity index is 271. The molecular weight excluding hydrogens is 222 g/mol. The van der Waals surface area contributed by atoms with Crippen LogP contribution in [0.15, 0.2) is 0 Å². The van der Waals surface area contributed by atoms with E-state index >= 15 is 0 Å². The van der Waals surface area contributed by atoms with Gasteiger partial charge >= 0.3 is 0 Å². The van der Waals surface area contributed by atoms with Crippen molar-refractivity contribution in [3.63, 3.8) is 0 Å². The van der Waals surface area contributed by atoms with Gasteiger partial charge in [-0.05, 0) is 52.6 Å². The van der Waals surface area contributed by atoms with Crippen LogP contribution in [0.25, 0.3) is 0 Å². The Morgan fingerprint density at radius 3 is 1.94 bits per heavy atom. The van der Waals surface area contributed by atoms with E-state index in [1.807, 2.05) is 0 Å². The predicted octanol–water partition coefficient (Wildman–Crippen LogP) is 3.79. The van der Waals surface area contributed by atoms with Crippen LogP contribution >= 0.6 is 0 Å². The number of carbonyl (C=O) groups excluding carboxylic acids is 1. The summed E-state index contributed by atoms with van der Waals surface area (Å²) in [5.41, 5.74) is -0.230. The Balaban J connectivity index is 2.00. The summed E-state index contributed by atoms with van der Waals surface area (Å²) in [5.74, 6) is 0.862. The molecule has 0 aromatic heterocycles. The molecule has 0 amide bonds. The molecule has 0 radical (unpaired) electrons. The van der Waals surface area contributed by atoms with Crippen molar-refractivity contribution in [2.75, 3.05) is 13.1 Å². The van der Waals surface area contributed by atoms with Gasteiger partial charge in [-0.2, -0.15) is 0 Å². The highest BCUT2D eigenvalue weighted by atomic mass is 16.1. The number of hydrogen-bond acceptors (Lipinski definition) is 2. The fraction of sp³-hybridized carbons (Fsp3) is 0.938. The Hall–Kier alpha value is -0.370. The monoisotopic (exact) mass is 251 g/mol. The first kappa shape index (κ1) is 14.0. The topological polar surface area (TPSA) is 20.3 Å². The third-order valence-electron chi connectivity index (χ3n) is 4.98. The van der Waals surface area contributed by atoms with Crippen molar-refractivity contribution in [2.45, 2.75) is 77.2 Å². The van der Waals surface area contributed by atoms with Crippen LogP contribution < -0.4 is 0 Å². The zero-order valence-corrected chi connectivity index (χ0v) is 12.2.